The Kier molecular flexibility index (Phi) is 6.30. The first-order chi connectivity index (χ1) is 6.90. The van der Waals surface area contributed by atoms with E-state index in [4.69, 9.17) is 4.74 Å². The Hall–Kier alpha value is -0.790. The summed E-state index contributed by atoms with van der Waals surface area (Å²) in [6, 6.07) is 0. The third kappa shape index (κ3) is 7.18. The monoisotopic (exact) mass is 212 g/mol. The first-order valence-electron chi connectivity index (χ1n) is 5.83. The van der Waals surface area contributed by atoms with Crippen LogP contribution in [0.4, 0.5) is 0 Å². The molecular formula is C13H24O2. The van der Waals surface area contributed by atoms with Crippen LogP contribution < -0.4 is 0 Å². The lowest BCUT2D eigenvalue weighted by molar-refractivity contribution is -0.150. The van der Waals surface area contributed by atoms with Crippen molar-refractivity contribution in [3.05, 3.63) is 11.6 Å². The summed E-state index contributed by atoms with van der Waals surface area (Å²) in [5.41, 5.74) is 0.435. The van der Waals surface area contributed by atoms with Crippen LogP contribution in [0.3, 0.4) is 0 Å². The predicted octanol–water partition coefficient (Wildman–Crippen LogP) is 3.85. The Morgan fingerprint density at radius 2 is 1.80 bits per heavy atom. The summed E-state index contributed by atoms with van der Waals surface area (Å²) in [6.45, 7) is 9.87. The van der Waals surface area contributed by atoms with E-state index in [1.165, 1.54) is 0 Å². The number of esters is 1. The van der Waals surface area contributed by atoms with Gasteiger partial charge in [0.25, 0.3) is 0 Å². The SMILES string of the molecule is CCCC=C(CCC)C(=O)OC(C)(C)C. The second kappa shape index (κ2) is 6.65. The van der Waals surface area contributed by atoms with Crippen molar-refractivity contribution in [3.8, 4) is 0 Å². The van der Waals surface area contributed by atoms with Gasteiger partial charge in [0.2, 0.25) is 0 Å². The van der Waals surface area contributed by atoms with Gasteiger partial charge >= 0.3 is 5.97 Å². The molecule has 0 aliphatic carbocycles. The maximum absolute atomic E-state index is 11.8. The molecule has 0 aromatic carbocycles. The second-order valence-electron chi connectivity index (χ2n) is 4.77. The minimum absolute atomic E-state index is 0.155. The molecular weight excluding hydrogens is 188 g/mol. The van der Waals surface area contributed by atoms with Crippen molar-refractivity contribution in [2.24, 2.45) is 0 Å². The summed E-state index contributed by atoms with van der Waals surface area (Å²) in [6.07, 6.45) is 5.83. The van der Waals surface area contributed by atoms with E-state index in [1.54, 1.807) is 0 Å². The van der Waals surface area contributed by atoms with Crippen LogP contribution in [0.15, 0.2) is 11.6 Å². The summed E-state index contributed by atoms with van der Waals surface area (Å²) >= 11 is 0. The highest BCUT2D eigenvalue weighted by Gasteiger charge is 2.18. The summed E-state index contributed by atoms with van der Waals surface area (Å²) in [5.74, 6) is -0.155. The average Bonchev–Trinajstić information content (AvgIpc) is 2.09. The Labute approximate surface area is 93.7 Å². The summed E-state index contributed by atoms with van der Waals surface area (Å²) in [5, 5.41) is 0. The van der Waals surface area contributed by atoms with E-state index in [0.29, 0.717) is 0 Å². The number of carbonyl (C=O) groups is 1. The molecule has 0 saturated carbocycles. The highest BCUT2D eigenvalue weighted by molar-refractivity contribution is 5.88. The Morgan fingerprint density at radius 1 is 1.20 bits per heavy atom. The van der Waals surface area contributed by atoms with Gasteiger partial charge in [0.1, 0.15) is 5.60 Å². The number of hydrogen-bond donors (Lipinski definition) is 0. The van der Waals surface area contributed by atoms with Crippen molar-refractivity contribution in [1.82, 2.24) is 0 Å². The average molecular weight is 212 g/mol. The smallest absolute Gasteiger partial charge is 0.334 e. The largest absolute Gasteiger partial charge is 0.457 e. The van der Waals surface area contributed by atoms with E-state index in [0.717, 1.165) is 31.3 Å². The number of allylic oxidation sites excluding steroid dienone is 1. The van der Waals surface area contributed by atoms with E-state index < -0.39 is 5.60 Å². The van der Waals surface area contributed by atoms with E-state index in [1.807, 2.05) is 26.8 Å². The van der Waals surface area contributed by atoms with Crippen molar-refractivity contribution in [1.29, 1.82) is 0 Å². The van der Waals surface area contributed by atoms with Gasteiger partial charge in [-0.25, -0.2) is 4.79 Å². The highest BCUT2D eigenvalue weighted by atomic mass is 16.6. The minimum Gasteiger partial charge on any atom is -0.457 e. The molecule has 88 valence electrons. The van der Waals surface area contributed by atoms with Crippen molar-refractivity contribution >= 4 is 5.97 Å². The van der Waals surface area contributed by atoms with Crippen LogP contribution in [0.5, 0.6) is 0 Å². The number of unbranched alkanes of at least 4 members (excludes halogenated alkanes) is 1. The Balaban J connectivity index is 4.42. The molecule has 0 atom stereocenters. The van der Waals surface area contributed by atoms with Crippen molar-refractivity contribution in [2.45, 2.75) is 65.9 Å². The molecule has 0 radical (unpaired) electrons. The summed E-state index contributed by atoms with van der Waals surface area (Å²) < 4.78 is 5.34. The van der Waals surface area contributed by atoms with E-state index in [2.05, 4.69) is 13.8 Å². The Bertz CT molecular complexity index is 221. The number of hydrogen-bond acceptors (Lipinski definition) is 2. The molecule has 0 rings (SSSR count). The fourth-order valence-electron chi connectivity index (χ4n) is 1.22. The zero-order valence-corrected chi connectivity index (χ0v) is 10.7. The molecule has 15 heavy (non-hydrogen) atoms. The van der Waals surface area contributed by atoms with Gasteiger partial charge in [-0.3, -0.25) is 0 Å². The molecule has 2 heteroatoms. The topological polar surface area (TPSA) is 26.3 Å². The molecule has 0 aliphatic heterocycles. The molecule has 0 N–H and O–H groups in total. The van der Waals surface area contributed by atoms with Gasteiger partial charge in [-0.2, -0.15) is 0 Å². The lowest BCUT2D eigenvalue weighted by Gasteiger charge is -2.20. The highest BCUT2D eigenvalue weighted by Crippen LogP contribution is 2.15. The summed E-state index contributed by atoms with van der Waals surface area (Å²) in [7, 11) is 0. The van der Waals surface area contributed by atoms with Crippen LogP contribution in [-0.4, -0.2) is 11.6 Å². The van der Waals surface area contributed by atoms with Gasteiger partial charge in [0.15, 0.2) is 0 Å². The molecule has 0 aromatic heterocycles. The zero-order chi connectivity index (χ0) is 11.9. The van der Waals surface area contributed by atoms with Crippen LogP contribution in [0, 0.1) is 0 Å². The molecule has 0 saturated heterocycles. The molecule has 2 nitrogen and oxygen atoms in total. The van der Waals surface area contributed by atoms with Crippen molar-refractivity contribution < 1.29 is 9.53 Å². The second-order valence-corrected chi connectivity index (χ2v) is 4.77. The molecule has 0 fully saturated rings. The molecule has 0 unspecified atom stereocenters. The fourth-order valence-corrected chi connectivity index (χ4v) is 1.22. The van der Waals surface area contributed by atoms with Gasteiger partial charge in [-0.15, -0.1) is 0 Å². The van der Waals surface area contributed by atoms with Gasteiger partial charge in [-0.1, -0.05) is 32.8 Å². The lowest BCUT2D eigenvalue weighted by Crippen LogP contribution is -2.24. The van der Waals surface area contributed by atoms with E-state index in [9.17, 15) is 4.79 Å². The maximum atomic E-state index is 11.8. The molecule has 0 spiro atoms. The van der Waals surface area contributed by atoms with Gasteiger partial charge in [-0.05, 0) is 33.6 Å². The summed E-state index contributed by atoms with van der Waals surface area (Å²) in [4.78, 5) is 11.8. The van der Waals surface area contributed by atoms with Gasteiger partial charge in [0, 0.05) is 5.57 Å². The van der Waals surface area contributed by atoms with E-state index in [-0.39, 0.29) is 5.97 Å². The third-order valence-corrected chi connectivity index (χ3v) is 1.86. The fraction of sp³-hybridized carbons (Fsp3) is 0.769. The molecule has 0 amide bonds. The minimum atomic E-state index is -0.393. The van der Waals surface area contributed by atoms with Crippen LogP contribution in [0.25, 0.3) is 0 Å². The standard InChI is InChI=1S/C13H24O2/c1-6-8-10-11(9-7-2)12(14)15-13(3,4)5/h10H,6-9H2,1-5H3. The number of ether oxygens (including phenoxy) is 1. The molecule has 0 aromatic rings. The predicted molar refractivity (Wildman–Crippen MR) is 63.7 cm³/mol. The van der Waals surface area contributed by atoms with Crippen LogP contribution >= 0.6 is 0 Å². The molecule has 0 aliphatic rings. The first kappa shape index (κ1) is 14.2. The number of rotatable bonds is 5. The lowest BCUT2D eigenvalue weighted by atomic mass is 10.1. The van der Waals surface area contributed by atoms with Gasteiger partial charge < -0.3 is 4.74 Å². The quantitative estimate of drug-likeness (QED) is 0.511. The third-order valence-electron chi connectivity index (χ3n) is 1.86. The first-order valence-corrected chi connectivity index (χ1v) is 5.83. The van der Waals surface area contributed by atoms with Crippen LogP contribution in [0.1, 0.15) is 60.3 Å². The van der Waals surface area contributed by atoms with Crippen LogP contribution in [-0.2, 0) is 9.53 Å². The van der Waals surface area contributed by atoms with E-state index >= 15 is 0 Å². The molecule has 0 heterocycles. The maximum Gasteiger partial charge on any atom is 0.334 e. The number of carbonyl (C=O) groups excluding carboxylic acids is 1. The van der Waals surface area contributed by atoms with Crippen molar-refractivity contribution in [2.75, 3.05) is 0 Å². The van der Waals surface area contributed by atoms with Crippen LogP contribution in [0.2, 0.25) is 0 Å². The Morgan fingerprint density at radius 3 is 2.20 bits per heavy atom. The zero-order valence-electron chi connectivity index (χ0n) is 10.7. The normalized spacial score (nSPS) is 12.7. The molecule has 0 bridgehead atoms. The van der Waals surface area contributed by atoms with Crippen molar-refractivity contribution in [3.63, 3.8) is 0 Å². The van der Waals surface area contributed by atoms with Gasteiger partial charge in [0.05, 0.1) is 0 Å².